The monoisotopic (exact) mass is 1140 g/mol. The Morgan fingerprint density at radius 3 is 2.42 bits per heavy atom. The maximum atomic E-state index is 15.5. The number of hydrogen-bond donors (Lipinski definition) is 4. The number of ether oxygens (including phenoxy) is 3. The second-order valence-electron chi connectivity index (χ2n) is 21.0. The molecule has 2 bridgehead atoms. The van der Waals surface area contributed by atoms with Crippen molar-refractivity contribution in [1.29, 1.82) is 5.26 Å². The van der Waals surface area contributed by atoms with E-state index in [9.17, 15) is 28.7 Å². The molecule has 5 unspecified atom stereocenters. The molecule has 0 aliphatic carbocycles. The Morgan fingerprint density at radius 1 is 0.988 bits per heavy atom. The number of rotatable bonds is 18. The van der Waals surface area contributed by atoms with Crippen LogP contribution in [0.25, 0.3) is 54.5 Å². The number of nitrogen functional groups attached to an aromatic ring is 1. The van der Waals surface area contributed by atoms with Gasteiger partial charge in [0, 0.05) is 60.7 Å². The summed E-state index contributed by atoms with van der Waals surface area (Å²) in [7, 11) is 1.59. The molecule has 2 amide bonds. The third-order valence-electron chi connectivity index (χ3n) is 15.4. The second-order valence-corrected chi connectivity index (χ2v) is 22.4. The molecule has 3 aromatic heterocycles. The summed E-state index contributed by atoms with van der Waals surface area (Å²) in [5.74, 6) is -2.11. The van der Waals surface area contributed by atoms with Gasteiger partial charge in [-0.25, -0.2) is 17.9 Å². The van der Waals surface area contributed by atoms with Gasteiger partial charge in [0.1, 0.15) is 70.8 Å². The van der Waals surface area contributed by atoms with Gasteiger partial charge >= 0.3 is 6.01 Å². The number of aliphatic hydroxyl groups excluding tert-OH is 1. The summed E-state index contributed by atoms with van der Waals surface area (Å²) in [6, 6.07) is 22.2. The first-order chi connectivity index (χ1) is 39.1. The number of nitriles is 1. The van der Waals surface area contributed by atoms with Crippen molar-refractivity contribution in [2.45, 2.75) is 83.0 Å². The molecule has 418 valence electrons. The highest BCUT2D eigenvalue weighted by molar-refractivity contribution is 7.23. The number of benzene rings is 5. The van der Waals surface area contributed by atoms with Gasteiger partial charge in [0.25, 0.3) is 0 Å². The molecule has 17 nitrogen and oxygen atoms in total. The van der Waals surface area contributed by atoms with Crippen molar-refractivity contribution < 1.29 is 42.1 Å². The van der Waals surface area contributed by atoms with Crippen molar-refractivity contribution in [2.24, 2.45) is 5.92 Å². The molecule has 6 heterocycles. The average Bonchev–Trinajstić information content (AvgIpc) is 4.11. The number of nitrogens with one attached hydrogen (secondary N) is 2. The minimum Gasteiger partial charge on any atom is -0.486 e. The van der Waals surface area contributed by atoms with Crippen molar-refractivity contribution in [3.8, 4) is 51.3 Å². The molecule has 8 aromatic rings. The molecule has 5 N–H and O–H groups in total. The van der Waals surface area contributed by atoms with Gasteiger partial charge in [-0.1, -0.05) is 91.3 Å². The molecule has 0 saturated carbocycles. The molecule has 3 fully saturated rings. The zero-order valence-electron chi connectivity index (χ0n) is 44.6. The van der Waals surface area contributed by atoms with E-state index in [4.69, 9.17) is 41.5 Å². The van der Waals surface area contributed by atoms with E-state index in [1.165, 1.54) is 41.1 Å². The Bertz CT molecular complexity index is 3730. The zero-order chi connectivity index (χ0) is 56.8. The fraction of sp³-hybridized carbons (Fsp3) is 0.339. The van der Waals surface area contributed by atoms with Crippen LogP contribution >= 0.6 is 22.9 Å². The summed E-state index contributed by atoms with van der Waals surface area (Å²) in [6.07, 6.45) is 3.34. The number of carbonyl (C=O) groups is 2. The van der Waals surface area contributed by atoms with E-state index in [1.54, 1.807) is 42.5 Å². The van der Waals surface area contributed by atoms with Crippen LogP contribution < -0.4 is 30.7 Å². The molecule has 0 spiro atoms. The lowest BCUT2D eigenvalue weighted by Crippen LogP contribution is -2.50. The minimum atomic E-state index is -0.849. The molecule has 5 aromatic carbocycles. The molecule has 3 aliphatic rings. The van der Waals surface area contributed by atoms with Crippen LogP contribution in [0, 0.1) is 34.7 Å². The van der Waals surface area contributed by atoms with Gasteiger partial charge in [-0.15, -0.1) is 16.4 Å². The first-order valence-electron chi connectivity index (χ1n) is 26.6. The van der Waals surface area contributed by atoms with Crippen LogP contribution in [0.15, 0.2) is 91.1 Å². The summed E-state index contributed by atoms with van der Waals surface area (Å²) < 4.78 is 64.8. The van der Waals surface area contributed by atoms with Gasteiger partial charge in [-0.05, 0) is 78.6 Å². The Hall–Kier alpha value is -7.87. The molecule has 22 heteroatoms. The number of piperazine rings is 1. The van der Waals surface area contributed by atoms with E-state index in [-0.39, 0.29) is 80.8 Å². The number of thiophene rings is 1. The van der Waals surface area contributed by atoms with Gasteiger partial charge in [0.05, 0.1) is 45.8 Å². The van der Waals surface area contributed by atoms with E-state index in [0.717, 1.165) is 29.9 Å². The summed E-state index contributed by atoms with van der Waals surface area (Å²) >= 11 is 8.34. The molecular weight excluding hydrogens is 1080 g/mol. The highest BCUT2D eigenvalue weighted by Crippen LogP contribution is 2.50. The van der Waals surface area contributed by atoms with Crippen molar-refractivity contribution in [3.63, 3.8) is 0 Å². The zero-order valence-corrected chi connectivity index (χ0v) is 46.2. The van der Waals surface area contributed by atoms with Gasteiger partial charge in [-0.2, -0.15) is 15.2 Å². The maximum absolute atomic E-state index is 15.5. The second kappa shape index (κ2) is 22.9. The number of likely N-dealkylation sites (tertiary alicyclic amines) is 1. The average molecular weight is 1140 g/mol. The topological polar surface area (TPSA) is 219 Å². The molecule has 11 rings (SSSR count). The fourth-order valence-corrected chi connectivity index (χ4v) is 12.5. The van der Waals surface area contributed by atoms with E-state index < -0.39 is 48.1 Å². The SMILES string of the molecule is CO[C@@H](C)COc1nc(N2CC3CC2CN3)c2cc(Cl)c(-c3ccc(F)c4sc(N)c(C#N)c34)c(OCc3ccc(-c4cn(C(C(=O)N5CCCC5C(=O)NC(CO)c5ccc(-c6c(F)cccc6F)cc5)C(C)C)nn4)cc3)c2n1. The number of halogens is 4. The number of carbonyl (C=O) groups excluding carboxylic acids is 2. The number of anilines is 2. The number of fused-ring (bicyclic) bond motifs is 4. The number of aromatic nitrogens is 5. The molecular formula is C59H57ClF3N11O6S. The quantitative estimate of drug-likeness (QED) is 0.0629. The lowest BCUT2D eigenvalue weighted by atomic mass is 9.96. The lowest BCUT2D eigenvalue weighted by Gasteiger charge is -2.30. The van der Waals surface area contributed by atoms with Crippen LogP contribution in [-0.2, 0) is 20.9 Å². The summed E-state index contributed by atoms with van der Waals surface area (Å²) in [4.78, 5) is 42.2. The standard InChI is InChI=1S/C59H57ClF3N11O6S/c1-30(2)52(58(77)72-20-6-9-47(72)57(76)67-46(27-75)34-14-16-35(17-15-34)48-42(61)7-5-8-43(48)62)74-26-45(70-71-74)33-12-10-32(11-13-33)29-79-53-50(38-18-19-44(63)54-49(38)40(23-64)55(65)81-54)41(60)22-39-51(53)68-59(80-28-31(3)78-4)69-56(39)73-25-36-21-37(73)24-66-36/h5,7-8,10-19,22,26,30-31,36-37,46-47,52,66,75H,6,9,20-21,24-25,27-29,65H2,1-4H3,(H,67,76)/t31-,36?,37?,46?,47?,52?/m0/s1. The highest BCUT2D eigenvalue weighted by Gasteiger charge is 2.42. The Kier molecular flexibility index (Phi) is 15.6. The molecule has 0 radical (unpaired) electrons. The third kappa shape index (κ3) is 10.6. The largest absolute Gasteiger partial charge is 0.486 e. The summed E-state index contributed by atoms with van der Waals surface area (Å²) in [5.41, 5.74) is 10.2. The summed E-state index contributed by atoms with van der Waals surface area (Å²) in [6.45, 7) is 7.16. The fourth-order valence-electron chi connectivity index (χ4n) is 11.2. The van der Waals surface area contributed by atoms with E-state index in [2.05, 4.69) is 31.9 Å². The van der Waals surface area contributed by atoms with Crippen molar-refractivity contribution in [3.05, 3.63) is 130 Å². The number of nitrogens with zero attached hydrogens (tertiary/aromatic N) is 8. The Labute approximate surface area is 473 Å². The third-order valence-corrected chi connectivity index (χ3v) is 16.8. The minimum absolute atomic E-state index is 0.00173. The van der Waals surface area contributed by atoms with Gasteiger partial charge in [-0.3, -0.25) is 9.59 Å². The summed E-state index contributed by atoms with van der Waals surface area (Å²) in [5, 5.41) is 37.4. The number of amides is 2. The van der Waals surface area contributed by atoms with E-state index in [0.29, 0.717) is 81.5 Å². The van der Waals surface area contributed by atoms with Gasteiger partial charge < -0.3 is 45.5 Å². The van der Waals surface area contributed by atoms with Crippen LogP contribution in [0.4, 0.5) is 24.0 Å². The van der Waals surface area contributed by atoms with Crippen LogP contribution in [0.2, 0.25) is 5.02 Å². The maximum Gasteiger partial charge on any atom is 0.319 e. The molecule has 3 saturated heterocycles. The van der Waals surface area contributed by atoms with Crippen molar-refractivity contribution in [2.75, 3.05) is 50.6 Å². The Balaban J connectivity index is 0.855. The van der Waals surface area contributed by atoms with E-state index >= 15 is 4.39 Å². The number of nitrogens with two attached hydrogens (primary N) is 1. The number of methoxy groups -OCH3 is 1. The van der Waals surface area contributed by atoms with Crippen LogP contribution in [-0.4, -0.2) is 111 Å². The van der Waals surface area contributed by atoms with Crippen LogP contribution in [0.3, 0.4) is 0 Å². The highest BCUT2D eigenvalue weighted by atomic mass is 35.5. The molecule has 81 heavy (non-hydrogen) atoms. The Morgan fingerprint density at radius 2 is 1.74 bits per heavy atom. The van der Waals surface area contributed by atoms with Crippen molar-refractivity contribution >= 4 is 66.6 Å². The molecule has 6 atom stereocenters. The van der Waals surface area contributed by atoms with E-state index in [1.807, 2.05) is 45.0 Å². The lowest BCUT2D eigenvalue weighted by molar-refractivity contribution is -0.142. The first kappa shape index (κ1) is 55.1. The number of aliphatic hydroxyl groups is 1. The van der Waals surface area contributed by atoms with Crippen molar-refractivity contribution in [1.82, 2.24) is 40.5 Å². The smallest absolute Gasteiger partial charge is 0.319 e. The normalized spacial score (nSPS) is 18.0. The van der Waals surface area contributed by atoms with Gasteiger partial charge in [0.15, 0.2) is 5.75 Å². The predicted molar refractivity (Wildman–Crippen MR) is 302 cm³/mol. The molecule has 3 aliphatic heterocycles. The number of hydrogen-bond acceptors (Lipinski definition) is 15. The van der Waals surface area contributed by atoms with Crippen LogP contribution in [0.5, 0.6) is 11.8 Å². The predicted octanol–water partition coefficient (Wildman–Crippen LogP) is 9.54. The van der Waals surface area contributed by atoms with Crippen LogP contribution in [0.1, 0.15) is 68.8 Å². The first-order valence-corrected chi connectivity index (χ1v) is 27.8. The van der Waals surface area contributed by atoms with Gasteiger partial charge in [0.2, 0.25) is 11.8 Å².